The lowest BCUT2D eigenvalue weighted by molar-refractivity contribution is 0.196. The van der Waals surface area contributed by atoms with Crippen LogP contribution in [-0.4, -0.2) is 51.2 Å². The van der Waals surface area contributed by atoms with E-state index in [-0.39, 0.29) is 11.6 Å². The summed E-state index contributed by atoms with van der Waals surface area (Å²) >= 11 is 0. The minimum Gasteiger partial charge on any atom is -0.481 e. The SMILES string of the molecule is COc1ccc(-c2ccc3nc4n(c3c2)CC2CN(C(=O)NC(C)(C)C)CC42)cn1. The maximum Gasteiger partial charge on any atom is 0.317 e. The molecule has 4 heterocycles. The van der Waals surface area contributed by atoms with Gasteiger partial charge in [0.25, 0.3) is 0 Å². The Bertz CT molecular complexity index is 1110. The zero-order valence-electron chi connectivity index (χ0n) is 17.8. The van der Waals surface area contributed by atoms with Gasteiger partial charge in [0.15, 0.2) is 0 Å². The number of ether oxygens (including phenoxy) is 1. The smallest absolute Gasteiger partial charge is 0.317 e. The van der Waals surface area contributed by atoms with Crippen LogP contribution in [0.15, 0.2) is 36.5 Å². The Morgan fingerprint density at radius 2 is 1.93 bits per heavy atom. The van der Waals surface area contributed by atoms with E-state index in [1.807, 2.05) is 44.0 Å². The first-order valence-electron chi connectivity index (χ1n) is 10.4. The molecule has 156 valence electrons. The van der Waals surface area contributed by atoms with Crippen LogP contribution >= 0.6 is 0 Å². The maximum absolute atomic E-state index is 12.6. The standard InChI is InChI=1S/C23H27N5O2/c1-23(2,3)26-22(29)27-11-16-12-28-19-9-14(15-6-8-20(30-4)24-10-15)5-7-18(19)25-21(28)17(16)13-27/h5-10,16-17H,11-13H2,1-4H3,(H,26,29). The van der Waals surface area contributed by atoms with Crippen molar-refractivity contribution in [3.63, 3.8) is 0 Å². The van der Waals surface area contributed by atoms with Gasteiger partial charge in [0.05, 0.1) is 18.1 Å². The van der Waals surface area contributed by atoms with Crippen molar-refractivity contribution in [2.24, 2.45) is 5.92 Å². The molecule has 2 aliphatic heterocycles. The Kier molecular flexibility index (Phi) is 4.24. The number of imidazole rings is 1. The lowest BCUT2D eigenvalue weighted by atomic mass is 9.99. The van der Waals surface area contributed by atoms with E-state index in [2.05, 4.69) is 33.1 Å². The highest BCUT2D eigenvalue weighted by Crippen LogP contribution is 2.41. The Balaban J connectivity index is 1.42. The lowest BCUT2D eigenvalue weighted by Crippen LogP contribution is -2.48. The second-order valence-corrected chi connectivity index (χ2v) is 9.33. The number of methoxy groups -OCH3 is 1. The first-order valence-corrected chi connectivity index (χ1v) is 10.4. The maximum atomic E-state index is 12.6. The third-order valence-corrected chi connectivity index (χ3v) is 6.02. The quantitative estimate of drug-likeness (QED) is 0.706. The van der Waals surface area contributed by atoms with Crippen LogP contribution in [0.4, 0.5) is 4.79 Å². The van der Waals surface area contributed by atoms with Crippen LogP contribution in [0.1, 0.15) is 32.5 Å². The number of likely N-dealkylation sites (tertiary alicyclic amines) is 1. The van der Waals surface area contributed by atoms with E-state index in [4.69, 9.17) is 9.72 Å². The van der Waals surface area contributed by atoms with Crippen molar-refractivity contribution in [3.05, 3.63) is 42.4 Å². The Morgan fingerprint density at radius 3 is 2.63 bits per heavy atom. The molecule has 2 unspecified atom stereocenters. The normalized spacial score (nSPS) is 20.3. The number of nitrogens with zero attached hydrogens (tertiary/aromatic N) is 4. The number of carbonyl (C=O) groups excluding carboxylic acids is 1. The molecule has 0 aliphatic carbocycles. The second kappa shape index (κ2) is 6.72. The molecule has 0 spiro atoms. The molecule has 0 saturated carbocycles. The summed E-state index contributed by atoms with van der Waals surface area (Å²) in [5, 5.41) is 3.08. The molecule has 3 aromatic rings. The zero-order chi connectivity index (χ0) is 21.0. The topological polar surface area (TPSA) is 72.3 Å². The monoisotopic (exact) mass is 405 g/mol. The van der Waals surface area contributed by atoms with Crippen LogP contribution in [0.5, 0.6) is 5.88 Å². The molecular weight excluding hydrogens is 378 g/mol. The molecule has 2 aromatic heterocycles. The highest BCUT2D eigenvalue weighted by molar-refractivity contribution is 5.83. The van der Waals surface area contributed by atoms with Gasteiger partial charge >= 0.3 is 6.03 Å². The van der Waals surface area contributed by atoms with Gasteiger partial charge in [-0.1, -0.05) is 6.07 Å². The molecule has 1 N–H and O–H groups in total. The molecule has 2 aliphatic rings. The van der Waals surface area contributed by atoms with E-state index in [1.54, 1.807) is 7.11 Å². The molecule has 1 aromatic carbocycles. The van der Waals surface area contributed by atoms with Crippen LogP contribution in [-0.2, 0) is 6.54 Å². The van der Waals surface area contributed by atoms with Gasteiger partial charge in [-0.15, -0.1) is 0 Å². The first kappa shape index (κ1) is 18.9. The van der Waals surface area contributed by atoms with Gasteiger partial charge in [0, 0.05) is 54.8 Å². The average molecular weight is 406 g/mol. The molecule has 7 heteroatoms. The predicted molar refractivity (Wildman–Crippen MR) is 116 cm³/mol. The molecule has 2 atom stereocenters. The van der Waals surface area contributed by atoms with E-state index in [0.717, 1.165) is 47.6 Å². The third kappa shape index (κ3) is 3.18. The third-order valence-electron chi connectivity index (χ3n) is 6.02. The summed E-state index contributed by atoms with van der Waals surface area (Å²) in [6.45, 7) is 8.44. The summed E-state index contributed by atoms with van der Waals surface area (Å²) in [7, 11) is 1.62. The number of hydrogen-bond acceptors (Lipinski definition) is 4. The van der Waals surface area contributed by atoms with Crippen molar-refractivity contribution >= 4 is 17.1 Å². The van der Waals surface area contributed by atoms with Crippen LogP contribution in [0.25, 0.3) is 22.2 Å². The summed E-state index contributed by atoms with van der Waals surface area (Å²) < 4.78 is 7.50. The van der Waals surface area contributed by atoms with Crippen LogP contribution < -0.4 is 10.1 Å². The second-order valence-electron chi connectivity index (χ2n) is 9.33. The van der Waals surface area contributed by atoms with Gasteiger partial charge in [-0.05, 0) is 44.5 Å². The molecule has 1 saturated heterocycles. The van der Waals surface area contributed by atoms with Crippen LogP contribution in [0, 0.1) is 5.92 Å². The number of hydrogen-bond donors (Lipinski definition) is 1. The summed E-state index contributed by atoms with van der Waals surface area (Å²) in [5.74, 6) is 2.44. The number of fused-ring (bicyclic) bond motifs is 5. The molecule has 7 nitrogen and oxygen atoms in total. The molecule has 2 amide bonds. The summed E-state index contributed by atoms with van der Waals surface area (Å²) in [5.41, 5.74) is 4.10. The fourth-order valence-corrected chi connectivity index (χ4v) is 4.62. The predicted octanol–water partition coefficient (Wildman–Crippen LogP) is 3.64. The number of nitrogens with one attached hydrogen (secondary N) is 1. The fourth-order valence-electron chi connectivity index (χ4n) is 4.62. The van der Waals surface area contributed by atoms with E-state index >= 15 is 0 Å². The highest BCUT2D eigenvalue weighted by atomic mass is 16.5. The van der Waals surface area contributed by atoms with E-state index in [1.165, 1.54) is 0 Å². The fraction of sp³-hybridized carbons (Fsp3) is 0.435. The average Bonchev–Trinajstić information content (AvgIpc) is 3.36. The molecule has 5 rings (SSSR count). The number of aromatic nitrogens is 3. The van der Waals surface area contributed by atoms with Crippen molar-refractivity contribution in [2.45, 2.75) is 38.8 Å². The minimum absolute atomic E-state index is 0.0221. The molecule has 1 fully saturated rings. The summed E-state index contributed by atoms with van der Waals surface area (Å²) in [4.78, 5) is 23.8. The number of rotatable bonds is 2. The molecule has 0 radical (unpaired) electrons. The van der Waals surface area contributed by atoms with E-state index in [0.29, 0.717) is 17.7 Å². The molecule has 0 bridgehead atoms. The largest absolute Gasteiger partial charge is 0.481 e. The van der Waals surface area contributed by atoms with Gasteiger partial charge in [-0.2, -0.15) is 0 Å². The molecule has 30 heavy (non-hydrogen) atoms. The number of urea groups is 1. The summed E-state index contributed by atoms with van der Waals surface area (Å²) in [6, 6.07) is 10.3. The number of benzene rings is 1. The first-order chi connectivity index (χ1) is 14.3. The van der Waals surface area contributed by atoms with Crippen molar-refractivity contribution < 1.29 is 9.53 Å². The van der Waals surface area contributed by atoms with Crippen molar-refractivity contribution in [1.82, 2.24) is 24.8 Å². The Hall–Kier alpha value is -3.09. The lowest BCUT2D eigenvalue weighted by Gasteiger charge is -2.26. The Morgan fingerprint density at radius 1 is 1.13 bits per heavy atom. The number of amides is 2. The zero-order valence-corrected chi connectivity index (χ0v) is 17.8. The van der Waals surface area contributed by atoms with Crippen molar-refractivity contribution in [2.75, 3.05) is 20.2 Å². The van der Waals surface area contributed by atoms with Gasteiger partial charge < -0.3 is 19.5 Å². The van der Waals surface area contributed by atoms with Gasteiger partial charge in [-0.3, -0.25) is 0 Å². The highest BCUT2D eigenvalue weighted by Gasteiger charge is 2.44. The van der Waals surface area contributed by atoms with E-state index < -0.39 is 0 Å². The van der Waals surface area contributed by atoms with Crippen LogP contribution in [0.2, 0.25) is 0 Å². The van der Waals surface area contributed by atoms with Gasteiger partial charge in [0.2, 0.25) is 5.88 Å². The summed E-state index contributed by atoms with van der Waals surface area (Å²) in [6.07, 6.45) is 1.84. The molecular formula is C23H27N5O2. The van der Waals surface area contributed by atoms with Crippen molar-refractivity contribution in [3.8, 4) is 17.0 Å². The number of carbonyl (C=O) groups is 1. The van der Waals surface area contributed by atoms with Crippen LogP contribution in [0.3, 0.4) is 0 Å². The number of pyridine rings is 1. The van der Waals surface area contributed by atoms with Gasteiger partial charge in [0.1, 0.15) is 5.82 Å². The van der Waals surface area contributed by atoms with Gasteiger partial charge in [-0.25, -0.2) is 14.8 Å². The Labute approximate surface area is 176 Å². The minimum atomic E-state index is -0.228. The van der Waals surface area contributed by atoms with E-state index in [9.17, 15) is 4.79 Å². The van der Waals surface area contributed by atoms with Crippen molar-refractivity contribution in [1.29, 1.82) is 0 Å².